The van der Waals surface area contributed by atoms with Crippen LogP contribution in [0.5, 0.6) is 0 Å². The molecule has 1 saturated carbocycles. The van der Waals surface area contributed by atoms with Crippen molar-refractivity contribution in [3.63, 3.8) is 0 Å². The van der Waals surface area contributed by atoms with Crippen molar-refractivity contribution in [2.45, 2.75) is 38.1 Å². The molecule has 0 amide bonds. The number of aliphatic hydroxyl groups excluding tert-OH is 1. The predicted molar refractivity (Wildman–Crippen MR) is 62.1 cm³/mol. The molecule has 0 spiro atoms. The van der Waals surface area contributed by atoms with Crippen LogP contribution in [0.1, 0.15) is 32.1 Å². The second-order valence-electron chi connectivity index (χ2n) is 4.85. The first kappa shape index (κ1) is 13.2. The molecule has 1 aliphatic heterocycles. The van der Waals surface area contributed by atoms with Crippen molar-refractivity contribution >= 4 is 12.4 Å². The Hall–Kier alpha value is 0.170. The number of nitrogens with two attached hydrogens (primary N) is 1. The summed E-state index contributed by atoms with van der Waals surface area (Å²) in [5.41, 5.74) is 6.34. The van der Waals surface area contributed by atoms with Crippen LogP contribution in [0.2, 0.25) is 0 Å². The molecule has 1 unspecified atom stereocenters. The van der Waals surface area contributed by atoms with Crippen molar-refractivity contribution in [1.82, 2.24) is 0 Å². The van der Waals surface area contributed by atoms with Crippen molar-refractivity contribution in [2.75, 3.05) is 19.8 Å². The van der Waals surface area contributed by atoms with E-state index >= 15 is 0 Å². The number of hydrogen-bond donors (Lipinski definition) is 2. The minimum absolute atomic E-state index is 0. The second-order valence-corrected chi connectivity index (χ2v) is 4.85. The summed E-state index contributed by atoms with van der Waals surface area (Å²) in [5.74, 6) is 0.566. The van der Waals surface area contributed by atoms with Crippen molar-refractivity contribution in [3.8, 4) is 0 Å². The third-order valence-electron chi connectivity index (χ3n) is 4.15. The third-order valence-corrected chi connectivity index (χ3v) is 4.15. The van der Waals surface area contributed by atoms with Gasteiger partial charge in [0.25, 0.3) is 0 Å². The molecule has 0 aromatic carbocycles. The van der Waals surface area contributed by atoms with Gasteiger partial charge in [0, 0.05) is 24.7 Å². The zero-order valence-electron chi connectivity index (χ0n) is 9.15. The van der Waals surface area contributed by atoms with E-state index in [1.165, 1.54) is 6.42 Å². The number of halogens is 1. The van der Waals surface area contributed by atoms with Crippen LogP contribution in [0.25, 0.3) is 0 Å². The molecule has 4 heteroatoms. The van der Waals surface area contributed by atoms with Crippen molar-refractivity contribution in [3.05, 3.63) is 0 Å². The topological polar surface area (TPSA) is 55.5 Å². The Morgan fingerprint density at radius 3 is 2.33 bits per heavy atom. The maximum Gasteiger partial charge on any atom is 0.0502 e. The number of rotatable bonds is 3. The molecule has 3 N–H and O–H groups in total. The van der Waals surface area contributed by atoms with Crippen molar-refractivity contribution in [1.29, 1.82) is 0 Å². The van der Waals surface area contributed by atoms with E-state index in [1.807, 2.05) is 0 Å². The van der Waals surface area contributed by atoms with E-state index in [0.29, 0.717) is 5.92 Å². The highest BCUT2D eigenvalue weighted by atomic mass is 35.5. The van der Waals surface area contributed by atoms with Gasteiger partial charge in [0.15, 0.2) is 0 Å². The molecular formula is C11H22ClNO2. The van der Waals surface area contributed by atoms with Gasteiger partial charge in [-0.1, -0.05) is 6.42 Å². The van der Waals surface area contributed by atoms with Gasteiger partial charge in [0.05, 0.1) is 6.61 Å². The summed E-state index contributed by atoms with van der Waals surface area (Å²) in [6.07, 6.45) is 5.60. The van der Waals surface area contributed by atoms with E-state index in [1.54, 1.807) is 0 Å². The summed E-state index contributed by atoms with van der Waals surface area (Å²) < 4.78 is 5.33. The van der Waals surface area contributed by atoms with Gasteiger partial charge < -0.3 is 15.6 Å². The van der Waals surface area contributed by atoms with Gasteiger partial charge in [-0.3, -0.25) is 0 Å². The maximum atomic E-state index is 9.43. The quantitative estimate of drug-likeness (QED) is 0.776. The maximum absolute atomic E-state index is 9.43. The van der Waals surface area contributed by atoms with Crippen LogP contribution < -0.4 is 5.73 Å². The van der Waals surface area contributed by atoms with Gasteiger partial charge in [0.2, 0.25) is 0 Å². The van der Waals surface area contributed by atoms with Crippen molar-refractivity contribution in [2.24, 2.45) is 17.1 Å². The van der Waals surface area contributed by atoms with E-state index in [0.717, 1.165) is 38.9 Å². The lowest BCUT2D eigenvalue weighted by molar-refractivity contribution is -0.0272. The summed E-state index contributed by atoms with van der Waals surface area (Å²) in [4.78, 5) is 0. The highest BCUT2D eigenvalue weighted by molar-refractivity contribution is 5.85. The SMILES string of the molecule is Cl.NC(C1CCOCC1)C1(CO)CCC1. The van der Waals surface area contributed by atoms with Gasteiger partial charge >= 0.3 is 0 Å². The summed E-state index contributed by atoms with van der Waals surface area (Å²) in [5, 5.41) is 9.43. The largest absolute Gasteiger partial charge is 0.396 e. The lowest BCUT2D eigenvalue weighted by Gasteiger charge is -2.48. The average Bonchev–Trinajstić information content (AvgIpc) is 2.18. The van der Waals surface area contributed by atoms with E-state index in [2.05, 4.69) is 0 Å². The summed E-state index contributed by atoms with van der Waals surface area (Å²) in [6, 6.07) is 0.185. The highest BCUT2D eigenvalue weighted by Gasteiger charge is 2.44. The molecule has 0 radical (unpaired) electrons. The Labute approximate surface area is 97.8 Å². The Kier molecular flexibility index (Phi) is 4.84. The molecule has 2 rings (SSSR count). The first-order chi connectivity index (χ1) is 6.78. The summed E-state index contributed by atoms with van der Waals surface area (Å²) in [6.45, 7) is 1.96. The van der Waals surface area contributed by atoms with E-state index in [-0.39, 0.29) is 30.5 Å². The molecular weight excluding hydrogens is 214 g/mol. The smallest absolute Gasteiger partial charge is 0.0502 e. The molecule has 90 valence electrons. The van der Waals surface area contributed by atoms with E-state index < -0.39 is 0 Å². The fourth-order valence-electron chi connectivity index (χ4n) is 2.80. The van der Waals surface area contributed by atoms with Crippen LogP contribution in [0.4, 0.5) is 0 Å². The second kappa shape index (κ2) is 5.48. The van der Waals surface area contributed by atoms with E-state index in [4.69, 9.17) is 10.5 Å². The molecule has 0 bridgehead atoms. The molecule has 1 atom stereocenters. The first-order valence-corrected chi connectivity index (χ1v) is 5.73. The minimum Gasteiger partial charge on any atom is -0.396 e. The third kappa shape index (κ3) is 2.47. The van der Waals surface area contributed by atoms with Gasteiger partial charge in [0.1, 0.15) is 0 Å². The fourth-order valence-corrected chi connectivity index (χ4v) is 2.80. The van der Waals surface area contributed by atoms with Crippen molar-refractivity contribution < 1.29 is 9.84 Å². The van der Waals surface area contributed by atoms with Gasteiger partial charge in [-0.05, 0) is 31.6 Å². The average molecular weight is 236 g/mol. The molecule has 1 heterocycles. The van der Waals surface area contributed by atoms with Gasteiger partial charge in [-0.2, -0.15) is 0 Å². The van der Waals surface area contributed by atoms with Gasteiger partial charge in [-0.15, -0.1) is 12.4 Å². The van der Waals surface area contributed by atoms with Gasteiger partial charge in [-0.25, -0.2) is 0 Å². The minimum atomic E-state index is 0. The standard InChI is InChI=1S/C11H21NO2.ClH/c12-10(9-2-6-14-7-3-9)11(8-13)4-1-5-11;/h9-10,13H,1-8,12H2;1H. The number of aliphatic hydroxyl groups is 1. The molecule has 0 aromatic heterocycles. The molecule has 15 heavy (non-hydrogen) atoms. The molecule has 2 aliphatic rings. The lowest BCUT2D eigenvalue weighted by atomic mass is 9.61. The molecule has 0 aromatic rings. The Morgan fingerprint density at radius 1 is 1.33 bits per heavy atom. The Bertz CT molecular complexity index is 186. The molecule has 3 nitrogen and oxygen atoms in total. The molecule has 2 fully saturated rings. The van der Waals surface area contributed by atoms with Crippen LogP contribution in [0, 0.1) is 11.3 Å². The summed E-state index contributed by atoms with van der Waals surface area (Å²) >= 11 is 0. The Balaban J connectivity index is 0.00000112. The van der Waals surface area contributed by atoms with E-state index in [9.17, 15) is 5.11 Å². The van der Waals surface area contributed by atoms with Crippen LogP contribution in [0.3, 0.4) is 0 Å². The zero-order chi connectivity index (χ0) is 10.0. The van der Waals surface area contributed by atoms with Crippen LogP contribution in [-0.4, -0.2) is 31.0 Å². The molecule has 1 saturated heterocycles. The lowest BCUT2D eigenvalue weighted by Crippen LogP contribution is -2.54. The number of ether oxygens (including phenoxy) is 1. The monoisotopic (exact) mass is 235 g/mol. The van der Waals surface area contributed by atoms with Crippen LogP contribution >= 0.6 is 12.4 Å². The normalized spacial score (nSPS) is 27.6. The highest BCUT2D eigenvalue weighted by Crippen LogP contribution is 2.46. The van der Waals surface area contributed by atoms with Crippen LogP contribution in [0.15, 0.2) is 0 Å². The zero-order valence-corrected chi connectivity index (χ0v) is 9.97. The van der Waals surface area contributed by atoms with Crippen LogP contribution in [-0.2, 0) is 4.74 Å². The number of hydrogen-bond acceptors (Lipinski definition) is 3. The molecule has 1 aliphatic carbocycles. The predicted octanol–water partition coefficient (Wildman–Crippen LogP) is 1.32. The fraction of sp³-hybridized carbons (Fsp3) is 1.00. The summed E-state index contributed by atoms with van der Waals surface area (Å²) in [7, 11) is 0. The Morgan fingerprint density at radius 2 is 1.93 bits per heavy atom. The first-order valence-electron chi connectivity index (χ1n) is 5.73.